The Morgan fingerprint density at radius 1 is 1.04 bits per heavy atom. The zero-order valence-electron chi connectivity index (χ0n) is 39.1. The molecule has 1 aliphatic carbocycles. The lowest BCUT2D eigenvalue weighted by molar-refractivity contribution is -0.384. The zero-order valence-corrected chi connectivity index (χ0v) is 40.6. The van der Waals surface area contributed by atoms with Gasteiger partial charge in [-0.1, -0.05) is 50.9 Å². The fourth-order valence-corrected chi connectivity index (χ4v) is 10.4. The molecule has 2 aliphatic heterocycles. The van der Waals surface area contributed by atoms with Crippen molar-refractivity contribution in [2.24, 2.45) is 11.3 Å². The van der Waals surface area contributed by atoms with Crippen LogP contribution in [0.2, 0.25) is 5.02 Å². The maximum absolute atomic E-state index is 14.0. The Morgan fingerprint density at radius 3 is 2.53 bits per heavy atom. The molecule has 2 fully saturated rings. The predicted molar refractivity (Wildman–Crippen MR) is 260 cm³/mol. The number of H-pyrrole nitrogens is 1. The maximum atomic E-state index is 14.0. The number of nitro benzene ring substituents is 1. The molecule has 2 aromatic heterocycles. The first kappa shape index (κ1) is 50.2. The highest BCUT2D eigenvalue weighted by Crippen LogP contribution is 2.46. The van der Waals surface area contributed by atoms with Crippen molar-refractivity contribution in [2.75, 3.05) is 69.2 Å². The van der Waals surface area contributed by atoms with Crippen molar-refractivity contribution in [3.05, 3.63) is 117 Å². The monoisotopic (exact) mass is 1010 g/mol. The fraction of sp³-hybridized carbons (Fsp3) is 0.408. The van der Waals surface area contributed by atoms with Crippen molar-refractivity contribution in [1.82, 2.24) is 24.5 Å². The number of nitro groups is 1. The first-order valence-electron chi connectivity index (χ1n) is 22.9. The molecule has 0 radical (unpaired) electrons. The third-order valence-electron chi connectivity index (χ3n) is 12.9. The van der Waals surface area contributed by atoms with Crippen LogP contribution in [0.1, 0.15) is 68.4 Å². The summed E-state index contributed by atoms with van der Waals surface area (Å²) < 4.78 is 82.2. The van der Waals surface area contributed by atoms with Gasteiger partial charge in [-0.25, -0.2) is 18.1 Å². The van der Waals surface area contributed by atoms with Crippen LogP contribution in [0.5, 0.6) is 11.5 Å². The number of amides is 2. The van der Waals surface area contributed by atoms with Gasteiger partial charge in [-0.3, -0.25) is 24.6 Å². The van der Waals surface area contributed by atoms with Gasteiger partial charge in [0, 0.05) is 92.7 Å². The van der Waals surface area contributed by atoms with E-state index in [0.29, 0.717) is 69.2 Å². The summed E-state index contributed by atoms with van der Waals surface area (Å²) in [4.78, 5) is 51.0. The molecule has 1 atom stereocenters. The molecule has 0 unspecified atom stereocenters. The number of hydrogen-bond acceptors (Lipinski definition) is 12. The lowest BCUT2D eigenvalue weighted by Crippen LogP contribution is -2.49. The zero-order chi connectivity index (χ0) is 50.1. The number of aromatic nitrogens is 2. The third kappa shape index (κ3) is 11.5. The van der Waals surface area contributed by atoms with Crippen LogP contribution >= 0.6 is 11.6 Å². The molecule has 0 bridgehead atoms. The number of nitrogens with zero attached hydrogens (tertiary/aromatic N) is 5. The van der Waals surface area contributed by atoms with Gasteiger partial charge in [0.05, 0.1) is 39.9 Å². The van der Waals surface area contributed by atoms with Crippen molar-refractivity contribution < 1.29 is 45.6 Å². The molecule has 0 saturated carbocycles. The molecule has 2 amide bonds. The van der Waals surface area contributed by atoms with Crippen LogP contribution in [0.15, 0.2) is 89.6 Å². The average Bonchev–Trinajstić information content (AvgIpc) is 3.79. The lowest BCUT2D eigenvalue weighted by Gasteiger charge is -2.39. The number of rotatable bonds is 14. The molecule has 2 saturated heterocycles. The summed E-state index contributed by atoms with van der Waals surface area (Å²) in [6.07, 6.45) is 0.576. The molecule has 8 rings (SSSR count). The quantitative estimate of drug-likeness (QED) is 0.0707. The average molecular weight is 1010 g/mol. The SMILES string of the molecule is CC(C)C(=O)N1CCO[C@@H](CNc2ccc(S(=O)(=O)NC(=O)c3ccc(N4CCN(CC5=C(c6ccc(C(F)(F)F)cc6Cl)CC(C)(C)CC5)CC4)cc3Oc3cnc4[nH]ccc4c3)cc2[N+](=O)[O-])C1. The molecule has 70 heavy (non-hydrogen) atoms. The highest BCUT2D eigenvalue weighted by molar-refractivity contribution is 7.90. The van der Waals surface area contributed by atoms with Crippen molar-refractivity contribution in [1.29, 1.82) is 0 Å². The van der Waals surface area contributed by atoms with Gasteiger partial charge in [0.25, 0.3) is 21.6 Å². The van der Waals surface area contributed by atoms with Crippen molar-refractivity contribution in [2.45, 2.75) is 64.1 Å². The van der Waals surface area contributed by atoms with E-state index in [1.165, 1.54) is 24.4 Å². The van der Waals surface area contributed by atoms with Gasteiger partial charge in [0.1, 0.15) is 22.8 Å². The third-order valence-corrected chi connectivity index (χ3v) is 14.6. The van der Waals surface area contributed by atoms with E-state index in [1.807, 2.05) is 0 Å². The summed E-state index contributed by atoms with van der Waals surface area (Å²) in [5.74, 6) is -0.982. The van der Waals surface area contributed by atoms with E-state index in [2.05, 4.69) is 43.7 Å². The maximum Gasteiger partial charge on any atom is 0.416 e. The number of pyridine rings is 1. The van der Waals surface area contributed by atoms with Gasteiger partial charge < -0.3 is 29.6 Å². The molecule has 3 N–H and O–H groups in total. The van der Waals surface area contributed by atoms with Gasteiger partial charge in [-0.2, -0.15) is 13.2 Å². The van der Waals surface area contributed by atoms with Gasteiger partial charge in [-0.05, 0) is 84.3 Å². The minimum Gasteiger partial charge on any atom is -0.455 e. The minimum atomic E-state index is -4.68. The second-order valence-electron chi connectivity index (χ2n) is 18.9. The van der Waals surface area contributed by atoms with E-state index in [4.69, 9.17) is 21.1 Å². The first-order valence-corrected chi connectivity index (χ1v) is 24.8. The van der Waals surface area contributed by atoms with E-state index < -0.39 is 49.3 Å². The van der Waals surface area contributed by atoms with Crippen LogP contribution in [0.4, 0.5) is 30.2 Å². The summed E-state index contributed by atoms with van der Waals surface area (Å²) in [5, 5.41) is 16.0. The smallest absolute Gasteiger partial charge is 0.416 e. The molecule has 0 spiro atoms. The molecular weight excluding hydrogens is 953 g/mol. The van der Waals surface area contributed by atoms with Crippen molar-refractivity contribution in [3.63, 3.8) is 0 Å². The number of aromatic amines is 1. The normalized spacial score (nSPS) is 18.0. The number of ether oxygens (including phenoxy) is 2. The van der Waals surface area contributed by atoms with Gasteiger partial charge in [0.15, 0.2) is 0 Å². The molecule has 5 aromatic rings. The molecule has 4 heterocycles. The van der Waals surface area contributed by atoms with E-state index >= 15 is 0 Å². The van der Waals surface area contributed by atoms with E-state index in [-0.39, 0.29) is 58.1 Å². The fourth-order valence-electron chi connectivity index (χ4n) is 9.09. The number of nitrogens with one attached hydrogen (secondary N) is 3. The first-order chi connectivity index (χ1) is 33.1. The Morgan fingerprint density at radius 2 is 1.81 bits per heavy atom. The number of fused-ring (bicyclic) bond motifs is 1. The summed E-state index contributed by atoms with van der Waals surface area (Å²) in [5.41, 5.74) is 2.52. The summed E-state index contributed by atoms with van der Waals surface area (Å²) in [6.45, 7) is 12.0. The van der Waals surface area contributed by atoms with Crippen LogP contribution in [0, 0.1) is 21.4 Å². The van der Waals surface area contributed by atoms with Crippen LogP contribution in [-0.4, -0.2) is 110 Å². The van der Waals surface area contributed by atoms with E-state index in [1.54, 1.807) is 49.2 Å². The number of benzene rings is 3. The van der Waals surface area contributed by atoms with E-state index in [9.17, 15) is 41.3 Å². The number of morpholine rings is 1. The number of halogens is 4. The van der Waals surface area contributed by atoms with Gasteiger partial charge in [0.2, 0.25) is 5.91 Å². The van der Waals surface area contributed by atoms with Crippen LogP contribution in [-0.2, 0) is 25.7 Å². The number of allylic oxidation sites excluding steroid dienone is 1. The minimum absolute atomic E-state index is 0.0224. The summed E-state index contributed by atoms with van der Waals surface area (Å²) >= 11 is 6.54. The highest BCUT2D eigenvalue weighted by atomic mass is 35.5. The van der Waals surface area contributed by atoms with Gasteiger partial charge >= 0.3 is 6.18 Å². The Balaban J connectivity index is 0.990. The number of sulfonamides is 1. The molecule has 3 aromatic carbocycles. The molecule has 3 aliphatic rings. The van der Waals surface area contributed by atoms with E-state index in [0.717, 1.165) is 53.6 Å². The number of alkyl halides is 3. The molecule has 16 nitrogen and oxygen atoms in total. The van der Waals surface area contributed by atoms with Crippen LogP contribution in [0.25, 0.3) is 16.6 Å². The molecule has 372 valence electrons. The summed E-state index contributed by atoms with van der Waals surface area (Å²) in [6, 6.07) is 15.1. The van der Waals surface area contributed by atoms with Crippen molar-refractivity contribution in [3.8, 4) is 11.5 Å². The highest BCUT2D eigenvalue weighted by Gasteiger charge is 2.34. The second kappa shape index (κ2) is 20.2. The lowest BCUT2D eigenvalue weighted by atomic mass is 9.72. The molecule has 21 heteroatoms. The van der Waals surface area contributed by atoms with Gasteiger partial charge in [-0.15, -0.1) is 0 Å². The standard InChI is InChI=1S/C49H54ClF3N8O8S/c1-30(2)47(63)60-19-20-68-36(29-60)27-55-42-10-7-37(24-43(42)61(64)65)70(66,67)57-46(62)39-9-6-34(23-44(39)69-35-21-31-12-14-54-45(31)56-26-35)59-17-15-58(16-18-59)28-32-11-13-48(3,4)25-40(32)38-8-5-33(22-41(38)50)49(51,52)53/h5-10,12,14,21-24,26,30,36,55H,11,13,15-20,25,27-29H2,1-4H3,(H,54,56)(H,57,62)/t36-/m0/s1. The second-order valence-corrected chi connectivity index (χ2v) is 21.0. The Hall–Kier alpha value is -6.22. The summed E-state index contributed by atoms with van der Waals surface area (Å²) in [7, 11) is -4.68. The number of piperazine rings is 1. The Kier molecular flexibility index (Phi) is 14.5. The number of hydrogen-bond donors (Lipinski definition) is 3. The Labute approximate surface area is 408 Å². The Bertz CT molecular complexity index is 2950. The number of anilines is 2. The van der Waals surface area contributed by atoms with Crippen molar-refractivity contribution >= 4 is 67.1 Å². The number of carbonyl (C=O) groups excluding carboxylic acids is 2. The topological polar surface area (TPSA) is 192 Å². The predicted octanol–water partition coefficient (Wildman–Crippen LogP) is 9.14. The van der Waals surface area contributed by atoms with Crippen LogP contribution < -0.4 is 19.7 Å². The largest absolute Gasteiger partial charge is 0.455 e. The number of carbonyl (C=O) groups is 2. The molecular formula is C49H54ClF3N8O8S. The van der Waals surface area contributed by atoms with Crippen LogP contribution in [0.3, 0.4) is 0 Å².